The molecule has 10 heteroatoms. The van der Waals surface area contributed by atoms with E-state index in [0.717, 1.165) is 17.7 Å². The number of likely N-dealkylation sites (N-methyl/N-ethyl adjacent to an activating group) is 1. The highest BCUT2D eigenvalue weighted by atomic mass is 17.1. The van der Waals surface area contributed by atoms with E-state index in [1.54, 1.807) is 7.11 Å². The van der Waals surface area contributed by atoms with Crippen LogP contribution in [0.25, 0.3) is 0 Å². The Morgan fingerprint density at radius 3 is 2.88 bits per heavy atom. The molecule has 10 nitrogen and oxygen atoms in total. The highest BCUT2D eigenvalue weighted by Gasteiger charge is 2.75. The van der Waals surface area contributed by atoms with Crippen LogP contribution in [-0.2, 0) is 31.0 Å². The third-order valence-corrected chi connectivity index (χ3v) is 7.97. The summed E-state index contributed by atoms with van der Waals surface area (Å²) in [7, 11) is 3.64. The largest absolute Gasteiger partial charge is 0.493 e. The summed E-state index contributed by atoms with van der Waals surface area (Å²) in [6, 6.07) is 3.89. The number of piperidine rings is 1. The van der Waals surface area contributed by atoms with E-state index in [9.17, 15) is 9.59 Å². The maximum absolute atomic E-state index is 13.1. The lowest BCUT2D eigenvalue weighted by Gasteiger charge is -2.63. The summed E-state index contributed by atoms with van der Waals surface area (Å²) in [5.74, 6) is 0.941. The molecule has 0 radical (unpaired) electrons. The molecule has 33 heavy (non-hydrogen) atoms. The highest BCUT2D eigenvalue weighted by molar-refractivity contribution is 5.90. The molecule has 1 saturated carbocycles. The smallest absolute Gasteiger partial charge is 0.306 e. The molecular weight excluding hydrogens is 432 g/mol. The molecule has 5 rings (SSSR count). The van der Waals surface area contributed by atoms with Crippen molar-refractivity contribution >= 4 is 11.8 Å². The Kier molecular flexibility index (Phi) is 5.61. The fourth-order valence-corrected chi connectivity index (χ4v) is 6.63. The average Bonchev–Trinajstić information content (AvgIpc) is 3.14. The lowest BCUT2D eigenvalue weighted by molar-refractivity contribution is -0.492. The van der Waals surface area contributed by atoms with Gasteiger partial charge in [0, 0.05) is 18.4 Å². The van der Waals surface area contributed by atoms with E-state index < -0.39 is 17.1 Å². The van der Waals surface area contributed by atoms with Gasteiger partial charge < -0.3 is 14.2 Å². The quantitative estimate of drug-likeness (QED) is 0.336. The van der Waals surface area contributed by atoms with Crippen molar-refractivity contribution in [1.82, 2.24) is 10.3 Å². The second kappa shape index (κ2) is 8.21. The molecule has 2 fully saturated rings. The number of hydrogen-bond acceptors (Lipinski definition) is 10. The molecule has 2 aliphatic carbocycles. The third kappa shape index (κ3) is 3.19. The van der Waals surface area contributed by atoms with Gasteiger partial charge in [0.25, 0.3) is 0 Å². The molecule has 1 aromatic carbocycles. The Balaban J connectivity index is 1.50. The van der Waals surface area contributed by atoms with Crippen LogP contribution >= 0.6 is 0 Å². The molecule has 4 aliphatic rings. The number of benzene rings is 1. The van der Waals surface area contributed by atoms with E-state index in [1.165, 1.54) is 0 Å². The van der Waals surface area contributed by atoms with E-state index >= 15 is 0 Å². The first-order chi connectivity index (χ1) is 15.8. The zero-order valence-electron chi connectivity index (χ0n) is 18.9. The SMILES string of the molecule is COc1ccc2c3c1O[C@H]1C(=O)CCC4(OC(=O)CCCCON(O)O)C(C2)N(C)CCC314. The highest BCUT2D eigenvalue weighted by Crippen LogP contribution is 2.66. The summed E-state index contributed by atoms with van der Waals surface area (Å²) in [6.07, 6.45) is 2.56. The number of hydrogen-bond donors (Lipinski definition) is 2. The van der Waals surface area contributed by atoms with Gasteiger partial charge in [0.2, 0.25) is 0 Å². The fraction of sp³-hybridized carbons (Fsp3) is 0.652. The molecule has 2 heterocycles. The predicted octanol–water partition coefficient (Wildman–Crippen LogP) is 1.78. The van der Waals surface area contributed by atoms with Crippen molar-refractivity contribution in [1.29, 1.82) is 0 Å². The second-order valence-corrected chi connectivity index (χ2v) is 9.42. The van der Waals surface area contributed by atoms with E-state index in [2.05, 4.69) is 16.8 Å². The summed E-state index contributed by atoms with van der Waals surface area (Å²) in [5.41, 5.74) is 0.533. The van der Waals surface area contributed by atoms with Crippen molar-refractivity contribution in [2.45, 2.75) is 68.1 Å². The number of carbonyl (C=O) groups is 2. The summed E-state index contributed by atoms with van der Waals surface area (Å²) in [5, 5.41) is 16.9. The van der Waals surface area contributed by atoms with Crippen LogP contribution in [0, 0.1) is 0 Å². The minimum Gasteiger partial charge on any atom is -0.493 e. The Labute approximate surface area is 191 Å². The van der Waals surface area contributed by atoms with Gasteiger partial charge in [0.1, 0.15) is 5.60 Å². The van der Waals surface area contributed by atoms with Crippen LogP contribution in [0.5, 0.6) is 11.5 Å². The monoisotopic (exact) mass is 462 g/mol. The van der Waals surface area contributed by atoms with E-state index in [1.807, 2.05) is 12.1 Å². The first-order valence-electron chi connectivity index (χ1n) is 11.5. The zero-order valence-corrected chi connectivity index (χ0v) is 18.9. The molecule has 1 aromatic rings. The van der Waals surface area contributed by atoms with Crippen LogP contribution in [0.1, 0.15) is 49.7 Å². The number of Topliss-reactive ketones (excluding diaryl/α,β-unsaturated/α-hetero) is 1. The van der Waals surface area contributed by atoms with Crippen molar-refractivity contribution < 1.29 is 39.1 Å². The number of rotatable bonds is 8. The standard InChI is InChI=1S/C23H30N2O8/c1-24-11-10-22-19-14-6-7-16(30-2)20(19)32-21(22)15(26)8-9-23(22,17(24)13-14)33-18(27)5-3-4-12-31-25(28)29/h6-7,17,21,28-29H,3-5,8-13H2,1-2H3/t17?,21-,22?,23?/m0/s1. The van der Waals surface area contributed by atoms with Gasteiger partial charge in [0.15, 0.2) is 23.4 Å². The predicted molar refractivity (Wildman–Crippen MR) is 112 cm³/mol. The van der Waals surface area contributed by atoms with Gasteiger partial charge in [-0.05, 0) is 57.3 Å². The first-order valence-corrected chi connectivity index (χ1v) is 11.5. The summed E-state index contributed by atoms with van der Waals surface area (Å²) < 4.78 is 18.3. The number of unbranched alkanes of at least 4 members (excludes halogenated alkanes) is 1. The van der Waals surface area contributed by atoms with Gasteiger partial charge >= 0.3 is 5.97 Å². The fourth-order valence-electron chi connectivity index (χ4n) is 6.63. The van der Waals surface area contributed by atoms with Gasteiger partial charge in [-0.25, -0.2) is 0 Å². The average molecular weight is 462 g/mol. The van der Waals surface area contributed by atoms with Crippen molar-refractivity contribution in [2.24, 2.45) is 0 Å². The molecule has 180 valence electrons. The van der Waals surface area contributed by atoms with E-state index in [0.29, 0.717) is 50.0 Å². The molecular formula is C23H30N2O8. The van der Waals surface area contributed by atoms with Gasteiger partial charge in [-0.15, -0.1) is 0 Å². The van der Waals surface area contributed by atoms with Crippen LogP contribution in [-0.4, -0.2) is 77.5 Å². The second-order valence-electron chi connectivity index (χ2n) is 9.42. The lowest BCUT2D eigenvalue weighted by Crippen LogP contribution is -2.77. The van der Waals surface area contributed by atoms with Crippen LogP contribution in [0.15, 0.2) is 12.1 Å². The normalized spacial score (nSPS) is 31.8. The first kappa shape index (κ1) is 22.5. The van der Waals surface area contributed by atoms with Crippen LogP contribution in [0.3, 0.4) is 0 Å². The maximum Gasteiger partial charge on any atom is 0.306 e. The summed E-state index contributed by atoms with van der Waals surface area (Å²) >= 11 is 0. The van der Waals surface area contributed by atoms with Gasteiger partial charge in [-0.3, -0.25) is 29.7 Å². The molecule has 2 N–H and O–H groups in total. The Hall–Kier alpha value is -2.24. The summed E-state index contributed by atoms with van der Waals surface area (Å²) in [4.78, 5) is 33.0. The van der Waals surface area contributed by atoms with E-state index in [-0.39, 0.29) is 36.2 Å². The topological polar surface area (TPSA) is 118 Å². The Morgan fingerprint density at radius 1 is 1.30 bits per heavy atom. The number of carbonyl (C=O) groups excluding carboxylic acids is 2. The number of nitrogens with zero attached hydrogens (tertiary/aromatic N) is 2. The van der Waals surface area contributed by atoms with Crippen molar-refractivity contribution in [3.8, 4) is 11.5 Å². The number of ketones is 1. The maximum atomic E-state index is 13.1. The molecule has 3 unspecified atom stereocenters. The van der Waals surface area contributed by atoms with Gasteiger partial charge in [-0.1, -0.05) is 6.07 Å². The number of likely N-dealkylation sites (tertiary alicyclic amines) is 1. The molecule has 1 spiro atoms. The van der Waals surface area contributed by atoms with Crippen LogP contribution < -0.4 is 9.47 Å². The van der Waals surface area contributed by atoms with Crippen LogP contribution in [0.2, 0.25) is 0 Å². The minimum absolute atomic E-state index is 0.0470. The molecule has 1 saturated heterocycles. The Morgan fingerprint density at radius 2 is 2.12 bits per heavy atom. The molecule has 0 amide bonds. The summed E-state index contributed by atoms with van der Waals surface area (Å²) in [6.45, 7) is 0.852. The van der Waals surface area contributed by atoms with Crippen LogP contribution in [0.4, 0.5) is 0 Å². The molecule has 0 aromatic heterocycles. The number of esters is 1. The molecule has 2 aliphatic heterocycles. The van der Waals surface area contributed by atoms with Crippen molar-refractivity contribution in [3.63, 3.8) is 0 Å². The van der Waals surface area contributed by atoms with Gasteiger partial charge in [0.05, 0.1) is 30.6 Å². The van der Waals surface area contributed by atoms with Crippen molar-refractivity contribution in [3.05, 3.63) is 23.3 Å². The number of ether oxygens (including phenoxy) is 3. The van der Waals surface area contributed by atoms with Crippen molar-refractivity contribution in [2.75, 3.05) is 27.3 Å². The lowest BCUT2D eigenvalue weighted by atomic mass is 9.49. The zero-order chi connectivity index (χ0) is 23.4. The van der Waals surface area contributed by atoms with Gasteiger partial charge in [-0.2, -0.15) is 0 Å². The molecule has 4 atom stereocenters. The van der Waals surface area contributed by atoms with E-state index in [4.69, 9.17) is 24.6 Å². The minimum atomic E-state index is -0.857. The Bertz CT molecular complexity index is 968. The molecule has 2 bridgehead atoms. The third-order valence-electron chi connectivity index (χ3n) is 7.97. The number of methoxy groups -OCH3 is 1.